The van der Waals surface area contributed by atoms with E-state index in [0.29, 0.717) is 0 Å². The molecule has 1 atom stereocenters. The first kappa shape index (κ1) is 13.1. The van der Waals surface area contributed by atoms with Crippen molar-refractivity contribution in [2.75, 3.05) is 7.11 Å². The number of carbonyl (C=O) groups is 1. The van der Waals surface area contributed by atoms with Crippen molar-refractivity contribution in [1.29, 1.82) is 0 Å². The lowest BCUT2D eigenvalue weighted by molar-refractivity contribution is -0.148. The van der Waals surface area contributed by atoms with Crippen molar-refractivity contribution in [2.45, 2.75) is 38.6 Å². The van der Waals surface area contributed by atoms with E-state index in [9.17, 15) is 4.79 Å². The zero-order valence-corrected chi connectivity index (χ0v) is 11.1. The van der Waals surface area contributed by atoms with Gasteiger partial charge >= 0.3 is 5.97 Å². The molecule has 0 spiro atoms. The average Bonchev–Trinajstić information content (AvgIpc) is 3.20. The molecule has 0 aliphatic heterocycles. The minimum atomic E-state index is -0.471. The molecule has 1 aromatic rings. The van der Waals surface area contributed by atoms with E-state index in [0.717, 1.165) is 31.2 Å². The lowest BCUT2D eigenvalue weighted by Crippen LogP contribution is -2.31. The Hall–Kier alpha value is -1.35. The Balaban J connectivity index is 2.14. The van der Waals surface area contributed by atoms with Gasteiger partial charge in [0.2, 0.25) is 0 Å². The number of nitrogens with two attached hydrogens (primary N) is 1. The van der Waals surface area contributed by atoms with Crippen molar-refractivity contribution in [1.82, 2.24) is 0 Å². The van der Waals surface area contributed by atoms with Gasteiger partial charge in [0.05, 0.1) is 12.5 Å². The third-order valence-electron chi connectivity index (χ3n) is 3.85. The van der Waals surface area contributed by atoms with Crippen molar-refractivity contribution in [3.05, 3.63) is 35.4 Å². The minimum absolute atomic E-state index is 0.173. The van der Waals surface area contributed by atoms with Crippen LogP contribution in [0.3, 0.4) is 0 Å². The van der Waals surface area contributed by atoms with E-state index >= 15 is 0 Å². The van der Waals surface area contributed by atoms with E-state index in [1.165, 1.54) is 12.7 Å². The predicted molar refractivity (Wildman–Crippen MR) is 71.0 cm³/mol. The van der Waals surface area contributed by atoms with Crippen molar-refractivity contribution in [3.63, 3.8) is 0 Å². The Labute approximate surface area is 108 Å². The molecule has 0 amide bonds. The van der Waals surface area contributed by atoms with Crippen LogP contribution in [0.25, 0.3) is 0 Å². The van der Waals surface area contributed by atoms with Gasteiger partial charge in [-0.2, -0.15) is 0 Å². The molecule has 1 unspecified atom stereocenters. The summed E-state index contributed by atoms with van der Waals surface area (Å²) in [7, 11) is 1.43. The summed E-state index contributed by atoms with van der Waals surface area (Å²) in [5.41, 5.74) is 8.11. The zero-order chi connectivity index (χ0) is 13.2. The van der Waals surface area contributed by atoms with Gasteiger partial charge in [0.1, 0.15) is 0 Å². The SMILES string of the molecule is CCCc1ccc(C(N)C2(C(=O)OC)CC2)cc1. The molecule has 0 radical (unpaired) electrons. The number of methoxy groups -OCH3 is 1. The number of hydrogen-bond acceptors (Lipinski definition) is 3. The summed E-state index contributed by atoms with van der Waals surface area (Å²) in [4.78, 5) is 11.8. The maximum Gasteiger partial charge on any atom is 0.313 e. The third kappa shape index (κ3) is 2.27. The fourth-order valence-electron chi connectivity index (χ4n) is 2.48. The number of benzene rings is 1. The maximum absolute atomic E-state index is 11.8. The highest BCUT2D eigenvalue weighted by Crippen LogP contribution is 2.54. The lowest BCUT2D eigenvalue weighted by Gasteiger charge is -2.21. The van der Waals surface area contributed by atoms with Crippen LogP contribution in [-0.4, -0.2) is 13.1 Å². The van der Waals surface area contributed by atoms with Gasteiger partial charge in [-0.05, 0) is 30.4 Å². The average molecular weight is 247 g/mol. The maximum atomic E-state index is 11.8. The predicted octanol–water partition coefficient (Wildman–Crippen LogP) is 2.59. The van der Waals surface area contributed by atoms with Crippen LogP contribution < -0.4 is 5.73 Å². The summed E-state index contributed by atoms with van der Waals surface area (Å²) in [6.07, 6.45) is 3.88. The Morgan fingerprint density at radius 3 is 2.44 bits per heavy atom. The highest BCUT2D eigenvalue weighted by molar-refractivity contribution is 5.81. The zero-order valence-electron chi connectivity index (χ0n) is 11.1. The molecule has 1 saturated carbocycles. The van der Waals surface area contributed by atoms with Crippen LogP contribution in [0, 0.1) is 5.41 Å². The van der Waals surface area contributed by atoms with Crippen LogP contribution in [0.15, 0.2) is 24.3 Å². The van der Waals surface area contributed by atoms with E-state index < -0.39 is 5.41 Å². The van der Waals surface area contributed by atoms with E-state index in [4.69, 9.17) is 10.5 Å². The molecule has 0 bridgehead atoms. The van der Waals surface area contributed by atoms with E-state index in [1.54, 1.807) is 0 Å². The summed E-state index contributed by atoms with van der Waals surface area (Å²) in [6.45, 7) is 2.16. The number of ether oxygens (including phenoxy) is 1. The van der Waals surface area contributed by atoms with Gasteiger partial charge in [-0.25, -0.2) is 0 Å². The molecule has 1 aliphatic rings. The highest BCUT2D eigenvalue weighted by Gasteiger charge is 2.56. The quantitative estimate of drug-likeness (QED) is 0.814. The molecular formula is C15H21NO2. The van der Waals surface area contributed by atoms with Gasteiger partial charge in [0.25, 0.3) is 0 Å². The first-order valence-corrected chi connectivity index (χ1v) is 6.57. The normalized spacial score (nSPS) is 18.2. The van der Waals surface area contributed by atoms with E-state index in [-0.39, 0.29) is 12.0 Å². The van der Waals surface area contributed by atoms with Crippen LogP contribution >= 0.6 is 0 Å². The first-order valence-electron chi connectivity index (χ1n) is 6.57. The summed E-state index contributed by atoms with van der Waals surface area (Å²) >= 11 is 0. The molecule has 0 aromatic heterocycles. The Morgan fingerprint density at radius 2 is 2.00 bits per heavy atom. The van der Waals surface area contributed by atoms with Gasteiger partial charge < -0.3 is 10.5 Å². The third-order valence-corrected chi connectivity index (χ3v) is 3.85. The standard InChI is InChI=1S/C15H21NO2/c1-3-4-11-5-7-12(8-6-11)13(16)15(9-10-15)14(17)18-2/h5-8,13H,3-4,9-10,16H2,1-2H3. The first-order chi connectivity index (χ1) is 8.64. The van der Waals surface area contributed by atoms with E-state index in [1.807, 2.05) is 12.1 Å². The van der Waals surface area contributed by atoms with Crippen molar-refractivity contribution < 1.29 is 9.53 Å². The molecule has 2 rings (SSSR count). The Bertz CT molecular complexity index is 421. The topological polar surface area (TPSA) is 52.3 Å². The highest BCUT2D eigenvalue weighted by atomic mass is 16.5. The van der Waals surface area contributed by atoms with Crippen molar-refractivity contribution >= 4 is 5.97 Å². The van der Waals surface area contributed by atoms with Crippen LogP contribution in [0.4, 0.5) is 0 Å². The fraction of sp³-hybridized carbons (Fsp3) is 0.533. The van der Waals surface area contributed by atoms with Crippen LogP contribution in [0.5, 0.6) is 0 Å². The smallest absolute Gasteiger partial charge is 0.313 e. The molecule has 3 nitrogen and oxygen atoms in total. The van der Waals surface area contributed by atoms with Gasteiger partial charge in [-0.3, -0.25) is 4.79 Å². The molecule has 98 valence electrons. The second-order valence-corrected chi connectivity index (χ2v) is 5.12. The van der Waals surface area contributed by atoms with Crippen molar-refractivity contribution in [3.8, 4) is 0 Å². The molecule has 18 heavy (non-hydrogen) atoms. The van der Waals surface area contributed by atoms with Crippen LogP contribution in [0.1, 0.15) is 43.4 Å². The van der Waals surface area contributed by atoms with Gasteiger partial charge in [-0.15, -0.1) is 0 Å². The van der Waals surface area contributed by atoms with Crippen LogP contribution in [0.2, 0.25) is 0 Å². The molecule has 1 aromatic carbocycles. The summed E-state index contributed by atoms with van der Waals surface area (Å²) in [6, 6.07) is 8.04. The lowest BCUT2D eigenvalue weighted by atomic mass is 9.90. The number of hydrogen-bond donors (Lipinski definition) is 1. The molecule has 0 heterocycles. The minimum Gasteiger partial charge on any atom is -0.469 e. The van der Waals surface area contributed by atoms with Crippen molar-refractivity contribution in [2.24, 2.45) is 11.1 Å². The molecule has 1 fully saturated rings. The summed E-state index contributed by atoms with van der Waals surface area (Å²) < 4.78 is 4.86. The van der Waals surface area contributed by atoms with Gasteiger partial charge in [0.15, 0.2) is 0 Å². The number of carbonyl (C=O) groups excluding carboxylic acids is 1. The monoisotopic (exact) mass is 247 g/mol. The number of rotatable bonds is 5. The second-order valence-electron chi connectivity index (χ2n) is 5.12. The molecular weight excluding hydrogens is 226 g/mol. The fourth-order valence-corrected chi connectivity index (χ4v) is 2.48. The number of aryl methyl sites for hydroxylation is 1. The molecule has 1 aliphatic carbocycles. The summed E-state index contributed by atoms with van der Waals surface area (Å²) in [5, 5.41) is 0. The molecule has 3 heteroatoms. The van der Waals surface area contributed by atoms with Crippen LogP contribution in [-0.2, 0) is 16.0 Å². The molecule has 0 saturated heterocycles. The van der Waals surface area contributed by atoms with Gasteiger partial charge in [-0.1, -0.05) is 37.6 Å². The second kappa shape index (κ2) is 5.11. The van der Waals surface area contributed by atoms with Gasteiger partial charge in [0, 0.05) is 6.04 Å². The Kier molecular flexibility index (Phi) is 3.71. The molecule has 2 N–H and O–H groups in total. The van der Waals surface area contributed by atoms with E-state index in [2.05, 4.69) is 19.1 Å². The Morgan fingerprint density at radius 1 is 1.39 bits per heavy atom. The largest absolute Gasteiger partial charge is 0.469 e. The number of esters is 1. The summed E-state index contributed by atoms with van der Waals surface area (Å²) in [5.74, 6) is -0.173.